The van der Waals surface area contributed by atoms with E-state index in [2.05, 4.69) is 5.10 Å². The van der Waals surface area contributed by atoms with Crippen molar-refractivity contribution in [1.82, 2.24) is 19.2 Å². The van der Waals surface area contributed by atoms with Crippen LogP contribution in [0.25, 0.3) is 0 Å². The summed E-state index contributed by atoms with van der Waals surface area (Å²) in [6, 6.07) is 3.57. The zero-order valence-electron chi connectivity index (χ0n) is 12.8. The van der Waals surface area contributed by atoms with Gasteiger partial charge < -0.3 is 4.90 Å². The van der Waals surface area contributed by atoms with Crippen LogP contribution in [0.5, 0.6) is 0 Å². The Morgan fingerprint density at radius 3 is 2.91 bits per heavy atom. The van der Waals surface area contributed by atoms with E-state index in [4.69, 9.17) is 0 Å². The lowest BCUT2D eigenvalue weighted by Gasteiger charge is -2.24. The molecule has 122 valence electrons. The van der Waals surface area contributed by atoms with Crippen LogP contribution in [-0.2, 0) is 18.4 Å². The van der Waals surface area contributed by atoms with E-state index in [1.54, 1.807) is 11.9 Å². The van der Waals surface area contributed by atoms with E-state index < -0.39 is 0 Å². The third-order valence-electron chi connectivity index (χ3n) is 4.09. The summed E-state index contributed by atoms with van der Waals surface area (Å²) in [5.41, 5.74) is -0.316. The van der Waals surface area contributed by atoms with E-state index in [1.807, 2.05) is 17.5 Å². The molecule has 3 rings (SSSR count). The fraction of sp³-hybridized carbons (Fsp3) is 0.467. The van der Waals surface area contributed by atoms with Crippen LogP contribution in [0.1, 0.15) is 28.9 Å². The van der Waals surface area contributed by atoms with E-state index in [0.29, 0.717) is 13.0 Å². The van der Waals surface area contributed by atoms with Gasteiger partial charge in [-0.15, -0.1) is 11.3 Å². The predicted octanol–water partition coefficient (Wildman–Crippen LogP) is 0.907. The van der Waals surface area contributed by atoms with Crippen molar-refractivity contribution in [3.8, 4) is 0 Å². The quantitative estimate of drug-likeness (QED) is 0.762. The van der Waals surface area contributed by atoms with Crippen molar-refractivity contribution < 1.29 is 9.59 Å². The summed E-state index contributed by atoms with van der Waals surface area (Å²) in [5, 5.41) is 5.78. The first-order valence-electron chi connectivity index (χ1n) is 7.51. The van der Waals surface area contributed by atoms with Crippen molar-refractivity contribution in [2.45, 2.75) is 31.8 Å². The van der Waals surface area contributed by atoms with Crippen molar-refractivity contribution in [3.63, 3.8) is 0 Å². The molecule has 0 bridgehead atoms. The number of ketones is 1. The van der Waals surface area contributed by atoms with Gasteiger partial charge in [-0.3, -0.25) is 14.2 Å². The highest BCUT2D eigenvalue weighted by atomic mass is 32.1. The third kappa shape index (κ3) is 3.26. The van der Waals surface area contributed by atoms with Gasteiger partial charge in [-0.1, -0.05) is 6.07 Å². The molecule has 0 unspecified atom stereocenters. The number of thiophene rings is 1. The number of carbonyl (C=O) groups is 2. The predicted molar refractivity (Wildman–Crippen MR) is 85.5 cm³/mol. The summed E-state index contributed by atoms with van der Waals surface area (Å²) >= 11 is 1.42. The molecule has 7 nitrogen and oxygen atoms in total. The zero-order valence-corrected chi connectivity index (χ0v) is 13.7. The number of amides is 1. The van der Waals surface area contributed by atoms with E-state index in [-0.39, 0.29) is 30.0 Å². The Hall–Kier alpha value is -2.22. The number of nitrogens with zero attached hydrogens (tertiary/aromatic N) is 4. The fourth-order valence-electron chi connectivity index (χ4n) is 2.88. The largest absolute Gasteiger partial charge is 0.345 e. The van der Waals surface area contributed by atoms with Gasteiger partial charge in [0.15, 0.2) is 5.78 Å². The zero-order chi connectivity index (χ0) is 16.4. The number of aryl methyl sites for hydroxylation is 1. The highest BCUT2D eigenvalue weighted by Gasteiger charge is 2.31. The summed E-state index contributed by atoms with van der Waals surface area (Å²) in [6.45, 7) is 0.548. The molecule has 0 spiro atoms. The molecule has 1 amide bonds. The normalized spacial score (nSPS) is 17.6. The molecule has 1 fully saturated rings. The molecule has 0 aliphatic carbocycles. The number of carbonyl (C=O) groups excluding carboxylic acids is 2. The molecule has 8 heteroatoms. The van der Waals surface area contributed by atoms with E-state index in [9.17, 15) is 14.4 Å². The Bertz CT molecular complexity index is 762. The highest BCUT2D eigenvalue weighted by Crippen LogP contribution is 2.23. The molecule has 0 N–H and O–H groups in total. The number of hydrogen-bond acceptors (Lipinski definition) is 5. The van der Waals surface area contributed by atoms with Gasteiger partial charge in [-0.2, -0.15) is 5.10 Å². The topological polar surface area (TPSA) is 77.2 Å². The molecule has 0 aromatic carbocycles. The van der Waals surface area contributed by atoms with Crippen molar-refractivity contribution in [3.05, 3.63) is 39.2 Å². The maximum absolute atomic E-state index is 12.5. The van der Waals surface area contributed by atoms with Gasteiger partial charge in [0.2, 0.25) is 5.91 Å². The van der Waals surface area contributed by atoms with Crippen LogP contribution in [0.15, 0.2) is 28.6 Å². The van der Waals surface area contributed by atoms with Crippen LogP contribution < -0.4 is 5.69 Å². The Labute approximate surface area is 137 Å². The first-order chi connectivity index (χ1) is 11.1. The average molecular weight is 334 g/mol. The van der Waals surface area contributed by atoms with E-state index in [1.165, 1.54) is 22.2 Å². The smallest absolute Gasteiger partial charge is 0.338 e. The Morgan fingerprint density at radius 1 is 1.43 bits per heavy atom. The summed E-state index contributed by atoms with van der Waals surface area (Å²) < 4.78 is 2.48. The molecular weight excluding hydrogens is 316 g/mol. The van der Waals surface area contributed by atoms with E-state index >= 15 is 0 Å². The van der Waals surface area contributed by atoms with Crippen molar-refractivity contribution in [2.24, 2.45) is 7.05 Å². The minimum absolute atomic E-state index is 0.0692. The van der Waals surface area contributed by atoms with Gasteiger partial charge in [-0.05, 0) is 24.3 Å². The molecule has 23 heavy (non-hydrogen) atoms. The van der Waals surface area contributed by atoms with Crippen LogP contribution in [0, 0.1) is 0 Å². The lowest BCUT2D eigenvalue weighted by atomic mass is 10.1. The van der Waals surface area contributed by atoms with Gasteiger partial charge in [-0.25, -0.2) is 9.48 Å². The van der Waals surface area contributed by atoms with Crippen molar-refractivity contribution in [1.29, 1.82) is 0 Å². The molecule has 0 radical (unpaired) electrons. The van der Waals surface area contributed by atoms with Crippen molar-refractivity contribution >= 4 is 23.0 Å². The minimum atomic E-state index is -0.316. The lowest BCUT2D eigenvalue weighted by molar-refractivity contribution is -0.132. The minimum Gasteiger partial charge on any atom is -0.338 e. The van der Waals surface area contributed by atoms with Gasteiger partial charge in [0.1, 0.15) is 12.9 Å². The van der Waals surface area contributed by atoms with Gasteiger partial charge >= 0.3 is 5.69 Å². The molecule has 1 aliphatic heterocycles. The summed E-state index contributed by atoms with van der Waals surface area (Å²) in [7, 11) is 1.59. The maximum Gasteiger partial charge on any atom is 0.345 e. The first kappa shape index (κ1) is 15.7. The summed E-state index contributed by atoms with van der Waals surface area (Å²) in [4.78, 5) is 38.9. The Kier molecular flexibility index (Phi) is 4.42. The maximum atomic E-state index is 12.5. The van der Waals surface area contributed by atoms with Crippen LogP contribution >= 0.6 is 11.3 Å². The number of likely N-dealkylation sites (tertiary alicyclic amines) is 1. The van der Waals surface area contributed by atoms with Crippen molar-refractivity contribution in [2.75, 3.05) is 6.54 Å². The fourth-order valence-corrected chi connectivity index (χ4v) is 3.55. The van der Waals surface area contributed by atoms with Gasteiger partial charge in [0.05, 0.1) is 4.88 Å². The summed E-state index contributed by atoms with van der Waals surface area (Å²) in [5.74, 6) is -0.0908. The molecule has 0 saturated carbocycles. The third-order valence-corrected chi connectivity index (χ3v) is 5.00. The molecule has 3 heterocycles. The number of hydrogen-bond donors (Lipinski definition) is 0. The van der Waals surface area contributed by atoms with Crippen LogP contribution in [0.3, 0.4) is 0 Å². The average Bonchev–Trinajstić information content (AvgIpc) is 3.25. The second-order valence-electron chi connectivity index (χ2n) is 5.67. The SMILES string of the molecule is Cn1cnn(CC(=O)N2CCC[C@@H]2CC(=O)c2cccs2)c1=O. The Balaban J connectivity index is 1.66. The summed E-state index contributed by atoms with van der Waals surface area (Å²) in [6.07, 6.45) is 3.42. The van der Waals surface area contributed by atoms with Crippen LogP contribution in [0.2, 0.25) is 0 Å². The molecule has 1 atom stereocenters. The van der Waals surface area contributed by atoms with Gasteiger partial charge in [0, 0.05) is 26.1 Å². The van der Waals surface area contributed by atoms with E-state index in [0.717, 1.165) is 22.4 Å². The number of Topliss-reactive ketones (excluding diaryl/α,β-unsaturated/α-hetero) is 1. The highest BCUT2D eigenvalue weighted by molar-refractivity contribution is 7.12. The molecular formula is C15H18N4O3S. The second kappa shape index (κ2) is 6.49. The van der Waals surface area contributed by atoms with Crippen LogP contribution in [-0.4, -0.2) is 43.5 Å². The monoisotopic (exact) mass is 334 g/mol. The first-order valence-corrected chi connectivity index (χ1v) is 8.39. The molecule has 2 aromatic rings. The molecule has 2 aromatic heterocycles. The standard InChI is InChI=1S/C15H18N4O3S/c1-17-10-16-19(15(17)22)9-14(21)18-6-2-4-11(18)8-12(20)13-5-3-7-23-13/h3,5,7,10-11H,2,4,6,8-9H2,1H3/t11-/m1/s1. The Morgan fingerprint density at radius 2 is 2.26 bits per heavy atom. The molecule has 1 aliphatic rings. The van der Waals surface area contributed by atoms with Crippen LogP contribution in [0.4, 0.5) is 0 Å². The van der Waals surface area contributed by atoms with Gasteiger partial charge in [0.25, 0.3) is 0 Å². The number of rotatable bonds is 5. The number of aromatic nitrogens is 3. The molecule has 1 saturated heterocycles. The lowest BCUT2D eigenvalue weighted by Crippen LogP contribution is -2.40. The second-order valence-corrected chi connectivity index (χ2v) is 6.62.